The second kappa shape index (κ2) is 2.59. The third-order valence-electron chi connectivity index (χ3n) is 4.21. The number of carbonyl (C=O) groups excluding carboxylic acids is 1. The minimum Gasteiger partial charge on any atom is -0.295 e. The van der Waals surface area contributed by atoms with Gasteiger partial charge in [-0.05, 0) is 16.9 Å². The van der Waals surface area contributed by atoms with E-state index in [1.54, 1.807) is 0 Å². The van der Waals surface area contributed by atoms with E-state index in [0.29, 0.717) is 18.1 Å². The van der Waals surface area contributed by atoms with Crippen molar-refractivity contribution in [3.8, 4) is 0 Å². The fourth-order valence-corrected chi connectivity index (χ4v) is 2.42. The second-order valence-electron chi connectivity index (χ2n) is 5.58. The van der Waals surface area contributed by atoms with Crippen molar-refractivity contribution < 1.29 is 4.79 Å². The van der Waals surface area contributed by atoms with Crippen LogP contribution in [-0.2, 0) is 4.79 Å². The Morgan fingerprint density at radius 3 is 2.57 bits per heavy atom. The van der Waals surface area contributed by atoms with Gasteiger partial charge >= 0.3 is 0 Å². The van der Waals surface area contributed by atoms with Crippen LogP contribution < -0.4 is 0 Å². The molecule has 0 bridgehead atoms. The van der Waals surface area contributed by atoms with Gasteiger partial charge in [0, 0.05) is 12.3 Å². The van der Waals surface area contributed by atoms with E-state index < -0.39 is 0 Å². The molecule has 1 heteroatoms. The molecule has 2 rings (SSSR count). The molecule has 0 aromatic rings. The summed E-state index contributed by atoms with van der Waals surface area (Å²) in [6.07, 6.45) is 7.04. The third kappa shape index (κ3) is 1.11. The van der Waals surface area contributed by atoms with Gasteiger partial charge in [-0.1, -0.05) is 45.4 Å². The average molecular weight is 190 g/mol. The SMILES string of the molecule is CC1(C)C=CC2CC(=O)C=C2C1(C)C. The van der Waals surface area contributed by atoms with E-state index in [4.69, 9.17) is 0 Å². The molecule has 1 nitrogen and oxygen atoms in total. The number of hydrogen-bond acceptors (Lipinski definition) is 1. The standard InChI is InChI=1S/C13H18O/c1-12(2)6-5-9-7-10(14)8-11(9)13(12,3)4/h5-6,8-9H,7H2,1-4H3. The molecule has 0 fully saturated rings. The first-order chi connectivity index (χ1) is 6.34. The smallest absolute Gasteiger partial charge is 0.156 e. The molecule has 0 amide bonds. The van der Waals surface area contributed by atoms with Gasteiger partial charge in [0.1, 0.15) is 0 Å². The fourth-order valence-electron chi connectivity index (χ4n) is 2.42. The molecule has 0 radical (unpaired) electrons. The zero-order chi connectivity index (χ0) is 10.6. The van der Waals surface area contributed by atoms with Crippen LogP contribution in [0.15, 0.2) is 23.8 Å². The summed E-state index contributed by atoms with van der Waals surface area (Å²) in [6, 6.07) is 0. The predicted molar refractivity (Wildman–Crippen MR) is 57.9 cm³/mol. The monoisotopic (exact) mass is 190 g/mol. The molecule has 0 heterocycles. The molecule has 0 aromatic heterocycles. The van der Waals surface area contributed by atoms with Gasteiger partial charge in [0.15, 0.2) is 5.78 Å². The molecule has 1 unspecified atom stereocenters. The molecule has 76 valence electrons. The summed E-state index contributed by atoms with van der Waals surface area (Å²) in [5, 5.41) is 0. The van der Waals surface area contributed by atoms with Gasteiger partial charge in [0.2, 0.25) is 0 Å². The van der Waals surface area contributed by atoms with Crippen molar-refractivity contribution in [1.82, 2.24) is 0 Å². The Morgan fingerprint density at radius 2 is 1.93 bits per heavy atom. The lowest BCUT2D eigenvalue weighted by Gasteiger charge is -2.45. The third-order valence-corrected chi connectivity index (χ3v) is 4.21. The molecule has 1 atom stereocenters. The number of carbonyl (C=O) groups is 1. The van der Waals surface area contributed by atoms with Crippen LogP contribution in [-0.4, -0.2) is 5.78 Å². The van der Waals surface area contributed by atoms with Gasteiger partial charge in [0.05, 0.1) is 0 Å². The number of ketones is 1. The van der Waals surface area contributed by atoms with Crippen LogP contribution >= 0.6 is 0 Å². The van der Waals surface area contributed by atoms with E-state index in [1.807, 2.05) is 6.08 Å². The van der Waals surface area contributed by atoms with Crippen LogP contribution in [0, 0.1) is 16.7 Å². The van der Waals surface area contributed by atoms with Gasteiger partial charge < -0.3 is 0 Å². The molecule has 0 aromatic carbocycles. The normalized spacial score (nSPS) is 32.7. The van der Waals surface area contributed by atoms with Crippen LogP contribution in [0.1, 0.15) is 34.1 Å². The molecule has 0 N–H and O–H groups in total. The van der Waals surface area contributed by atoms with E-state index >= 15 is 0 Å². The molecule has 14 heavy (non-hydrogen) atoms. The zero-order valence-corrected chi connectivity index (χ0v) is 9.42. The summed E-state index contributed by atoms with van der Waals surface area (Å²) in [7, 11) is 0. The van der Waals surface area contributed by atoms with Crippen molar-refractivity contribution in [2.24, 2.45) is 16.7 Å². The number of allylic oxidation sites excluding steroid dienone is 4. The van der Waals surface area contributed by atoms with Crippen LogP contribution in [0.2, 0.25) is 0 Å². The molecule has 0 aliphatic heterocycles. The summed E-state index contributed by atoms with van der Waals surface area (Å²) >= 11 is 0. The van der Waals surface area contributed by atoms with Crippen LogP contribution in [0.25, 0.3) is 0 Å². The largest absolute Gasteiger partial charge is 0.295 e. The van der Waals surface area contributed by atoms with Gasteiger partial charge in [-0.15, -0.1) is 0 Å². The lowest BCUT2D eigenvalue weighted by Crippen LogP contribution is -2.37. The second-order valence-corrected chi connectivity index (χ2v) is 5.58. The Morgan fingerprint density at radius 1 is 1.29 bits per heavy atom. The van der Waals surface area contributed by atoms with Crippen molar-refractivity contribution in [2.75, 3.05) is 0 Å². The minimum absolute atomic E-state index is 0.110. The number of fused-ring (bicyclic) bond motifs is 1. The van der Waals surface area contributed by atoms with Crippen molar-refractivity contribution in [3.63, 3.8) is 0 Å². The maximum Gasteiger partial charge on any atom is 0.156 e. The molecule has 2 aliphatic carbocycles. The fraction of sp³-hybridized carbons (Fsp3) is 0.615. The Kier molecular flexibility index (Phi) is 1.79. The van der Waals surface area contributed by atoms with E-state index in [9.17, 15) is 4.79 Å². The van der Waals surface area contributed by atoms with Crippen molar-refractivity contribution in [1.29, 1.82) is 0 Å². The molecule has 0 spiro atoms. The Hall–Kier alpha value is -0.850. The van der Waals surface area contributed by atoms with Crippen LogP contribution in [0.4, 0.5) is 0 Å². The summed E-state index contributed by atoms with van der Waals surface area (Å²) in [5.74, 6) is 0.672. The van der Waals surface area contributed by atoms with Crippen molar-refractivity contribution in [2.45, 2.75) is 34.1 Å². The highest BCUT2D eigenvalue weighted by Gasteiger charge is 2.45. The molecule has 2 aliphatic rings. The lowest BCUT2D eigenvalue weighted by atomic mass is 9.58. The first-order valence-electron chi connectivity index (χ1n) is 5.29. The van der Waals surface area contributed by atoms with E-state index in [1.165, 1.54) is 5.57 Å². The Balaban J connectivity index is 2.52. The first kappa shape index (κ1) is 9.70. The van der Waals surface area contributed by atoms with Crippen molar-refractivity contribution in [3.05, 3.63) is 23.8 Å². The molecule has 0 saturated carbocycles. The van der Waals surface area contributed by atoms with Gasteiger partial charge in [-0.3, -0.25) is 4.79 Å². The van der Waals surface area contributed by atoms with Gasteiger partial charge in [-0.25, -0.2) is 0 Å². The number of rotatable bonds is 0. The first-order valence-corrected chi connectivity index (χ1v) is 5.29. The number of hydrogen-bond donors (Lipinski definition) is 0. The van der Waals surface area contributed by atoms with Crippen LogP contribution in [0.3, 0.4) is 0 Å². The van der Waals surface area contributed by atoms with E-state index in [-0.39, 0.29) is 10.8 Å². The molecule has 0 saturated heterocycles. The molecular formula is C13H18O. The summed E-state index contributed by atoms with van der Waals surface area (Å²) in [5.41, 5.74) is 1.59. The maximum absolute atomic E-state index is 11.4. The summed E-state index contributed by atoms with van der Waals surface area (Å²) in [4.78, 5) is 11.4. The van der Waals surface area contributed by atoms with Crippen molar-refractivity contribution >= 4 is 5.78 Å². The zero-order valence-electron chi connectivity index (χ0n) is 9.42. The quantitative estimate of drug-likeness (QED) is 0.536. The summed E-state index contributed by atoms with van der Waals surface area (Å²) in [6.45, 7) is 8.97. The lowest BCUT2D eigenvalue weighted by molar-refractivity contribution is -0.114. The average Bonchev–Trinajstić information content (AvgIpc) is 2.42. The van der Waals surface area contributed by atoms with Gasteiger partial charge in [-0.2, -0.15) is 0 Å². The Labute approximate surface area is 85.9 Å². The highest BCUT2D eigenvalue weighted by Crippen LogP contribution is 2.53. The van der Waals surface area contributed by atoms with E-state index in [0.717, 1.165) is 0 Å². The molecular weight excluding hydrogens is 172 g/mol. The Bertz CT molecular complexity index is 342. The summed E-state index contributed by atoms with van der Waals surface area (Å²) < 4.78 is 0. The minimum atomic E-state index is 0.110. The topological polar surface area (TPSA) is 17.1 Å². The highest BCUT2D eigenvalue weighted by atomic mass is 16.1. The highest BCUT2D eigenvalue weighted by molar-refractivity contribution is 5.94. The maximum atomic E-state index is 11.4. The predicted octanol–water partition coefficient (Wildman–Crippen LogP) is 3.12. The van der Waals surface area contributed by atoms with Crippen LogP contribution in [0.5, 0.6) is 0 Å². The van der Waals surface area contributed by atoms with Gasteiger partial charge in [0.25, 0.3) is 0 Å². The van der Waals surface area contributed by atoms with E-state index in [2.05, 4.69) is 39.8 Å².